The maximum atomic E-state index is 12.8. The minimum absolute atomic E-state index is 0.130. The summed E-state index contributed by atoms with van der Waals surface area (Å²) >= 11 is 0. The number of carbonyl (C=O) groups excluding carboxylic acids is 2. The van der Waals surface area contributed by atoms with Crippen molar-refractivity contribution < 1.29 is 19.5 Å². The Kier molecular flexibility index (Phi) is 9.66. The molecule has 0 saturated carbocycles. The Morgan fingerprint density at radius 1 is 1.03 bits per heavy atom. The van der Waals surface area contributed by atoms with Gasteiger partial charge in [0.15, 0.2) is 0 Å². The van der Waals surface area contributed by atoms with Crippen molar-refractivity contribution in [2.75, 3.05) is 6.54 Å². The second kappa shape index (κ2) is 12.5. The summed E-state index contributed by atoms with van der Waals surface area (Å²) in [5.41, 5.74) is 13.0. The molecule has 3 atom stereocenters. The highest BCUT2D eigenvalue weighted by atomic mass is 16.4. The van der Waals surface area contributed by atoms with Gasteiger partial charge in [-0.1, -0.05) is 30.3 Å². The van der Waals surface area contributed by atoms with E-state index in [1.807, 2.05) is 6.07 Å². The van der Waals surface area contributed by atoms with Gasteiger partial charge in [-0.15, -0.1) is 0 Å². The third-order valence-corrected chi connectivity index (χ3v) is 4.81. The van der Waals surface area contributed by atoms with Crippen molar-refractivity contribution in [3.63, 3.8) is 0 Å². The van der Waals surface area contributed by atoms with Crippen molar-refractivity contribution in [1.29, 1.82) is 0 Å². The molecule has 8 N–H and O–H groups in total. The van der Waals surface area contributed by atoms with E-state index >= 15 is 0 Å². The number of hydrogen-bond acceptors (Lipinski definition) is 6. The van der Waals surface area contributed by atoms with Crippen molar-refractivity contribution in [3.05, 3.63) is 54.1 Å². The zero-order chi connectivity index (χ0) is 22.6. The van der Waals surface area contributed by atoms with Gasteiger partial charge in [0.25, 0.3) is 0 Å². The standard InChI is InChI=1S/C21H30N6O4/c22-9-5-4-8-17(26-19(28)16(23)11-15-12-24-13-25-15)20(29)27-18(21(30)31)10-14-6-2-1-3-7-14/h1-3,6-7,12-13,16-18H,4-5,8-11,22-23H2,(H,24,25)(H,26,28)(H,27,29)(H,30,31)/t16?,17?,18-/m0/s1. The Labute approximate surface area is 180 Å². The molecule has 2 aromatic rings. The number of carboxylic acid groups (broad SMARTS) is 1. The van der Waals surface area contributed by atoms with Gasteiger partial charge in [-0.25, -0.2) is 9.78 Å². The molecule has 0 fully saturated rings. The largest absolute Gasteiger partial charge is 0.480 e. The summed E-state index contributed by atoms with van der Waals surface area (Å²) in [6.45, 7) is 0.452. The van der Waals surface area contributed by atoms with Gasteiger partial charge in [-0.2, -0.15) is 0 Å². The van der Waals surface area contributed by atoms with E-state index in [0.29, 0.717) is 31.5 Å². The second-order valence-electron chi connectivity index (χ2n) is 7.32. The Balaban J connectivity index is 2.02. The van der Waals surface area contributed by atoms with Crippen molar-refractivity contribution in [2.24, 2.45) is 11.5 Å². The van der Waals surface area contributed by atoms with Crippen LogP contribution in [0.3, 0.4) is 0 Å². The average molecular weight is 431 g/mol. The van der Waals surface area contributed by atoms with Crippen molar-refractivity contribution >= 4 is 17.8 Å². The first-order chi connectivity index (χ1) is 14.9. The SMILES string of the molecule is NCCCCC(NC(=O)C(N)Cc1cnc[nH]1)C(=O)N[C@@H](Cc1ccccc1)C(=O)O. The summed E-state index contributed by atoms with van der Waals surface area (Å²) in [7, 11) is 0. The van der Waals surface area contributed by atoms with E-state index in [1.165, 1.54) is 6.33 Å². The molecule has 168 valence electrons. The fourth-order valence-electron chi connectivity index (χ4n) is 3.09. The summed E-state index contributed by atoms with van der Waals surface area (Å²) < 4.78 is 0. The zero-order valence-corrected chi connectivity index (χ0v) is 17.3. The minimum atomic E-state index is -1.15. The number of nitrogens with zero attached hydrogens (tertiary/aromatic N) is 1. The number of aromatic amines is 1. The molecule has 1 heterocycles. The molecule has 0 radical (unpaired) electrons. The van der Waals surface area contributed by atoms with E-state index in [1.54, 1.807) is 30.5 Å². The van der Waals surface area contributed by atoms with Gasteiger partial charge in [0.1, 0.15) is 12.1 Å². The lowest BCUT2D eigenvalue weighted by molar-refractivity contribution is -0.142. The quantitative estimate of drug-likeness (QED) is 0.236. The van der Waals surface area contributed by atoms with Gasteiger partial charge < -0.3 is 32.2 Å². The van der Waals surface area contributed by atoms with Crippen LogP contribution in [0.1, 0.15) is 30.5 Å². The van der Waals surface area contributed by atoms with Crippen LogP contribution in [0.2, 0.25) is 0 Å². The molecule has 0 spiro atoms. The Hall–Kier alpha value is -3.24. The molecule has 10 nitrogen and oxygen atoms in total. The number of amides is 2. The zero-order valence-electron chi connectivity index (χ0n) is 17.3. The summed E-state index contributed by atoms with van der Waals surface area (Å²) in [5, 5.41) is 14.7. The summed E-state index contributed by atoms with van der Waals surface area (Å²) in [4.78, 5) is 43.8. The molecule has 1 aromatic heterocycles. The predicted molar refractivity (Wildman–Crippen MR) is 115 cm³/mol. The molecule has 2 unspecified atom stereocenters. The maximum Gasteiger partial charge on any atom is 0.326 e. The highest BCUT2D eigenvalue weighted by Crippen LogP contribution is 2.07. The topological polar surface area (TPSA) is 176 Å². The third-order valence-electron chi connectivity index (χ3n) is 4.81. The Morgan fingerprint density at radius 3 is 2.35 bits per heavy atom. The predicted octanol–water partition coefficient (Wildman–Crippen LogP) is -0.295. The Morgan fingerprint density at radius 2 is 1.74 bits per heavy atom. The number of aliphatic carboxylic acids is 1. The van der Waals surface area contributed by atoms with Gasteiger partial charge in [-0.05, 0) is 31.4 Å². The number of hydrogen-bond donors (Lipinski definition) is 6. The number of benzene rings is 1. The first-order valence-electron chi connectivity index (χ1n) is 10.2. The highest BCUT2D eigenvalue weighted by Gasteiger charge is 2.28. The number of nitrogens with one attached hydrogen (secondary N) is 3. The van der Waals surface area contributed by atoms with Gasteiger partial charge in [0.05, 0.1) is 12.4 Å². The van der Waals surface area contributed by atoms with Crippen LogP contribution in [-0.2, 0) is 27.2 Å². The minimum Gasteiger partial charge on any atom is -0.480 e. The normalized spacial score (nSPS) is 13.7. The fraction of sp³-hybridized carbons (Fsp3) is 0.429. The van der Waals surface area contributed by atoms with E-state index in [4.69, 9.17) is 11.5 Å². The summed E-state index contributed by atoms with van der Waals surface area (Å²) in [6, 6.07) is 6.08. The van der Waals surface area contributed by atoms with Gasteiger partial charge in [0, 0.05) is 24.7 Å². The molecule has 2 amide bonds. The molecule has 10 heteroatoms. The van der Waals surface area contributed by atoms with E-state index in [0.717, 1.165) is 5.56 Å². The second-order valence-corrected chi connectivity index (χ2v) is 7.32. The molecule has 0 bridgehead atoms. The van der Waals surface area contributed by atoms with E-state index < -0.39 is 35.9 Å². The smallest absolute Gasteiger partial charge is 0.326 e. The Bertz CT molecular complexity index is 828. The van der Waals surface area contributed by atoms with Gasteiger partial charge in [0.2, 0.25) is 11.8 Å². The highest BCUT2D eigenvalue weighted by molar-refractivity contribution is 5.91. The number of carboxylic acids is 1. The number of rotatable bonds is 13. The third kappa shape index (κ3) is 8.19. The molecule has 0 aliphatic heterocycles. The number of H-pyrrole nitrogens is 1. The van der Waals surface area contributed by atoms with Gasteiger partial charge >= 0.3 is 5.97 Å². The summed E-state index contributed by atoms with van der Waals surface area (Å²) in [6.07, 6.45) is 5.01. The number of aromatic nitrogens is 2. The van der Waals surface area contributed by atoms with Crippen LogP contribution < -0.4 is 22.1 Å². The van der Waals surface area contributed by atoms with E-state index in [-0.39, 0.29) is 12.8 Å². The first kappa shape index (κ1) is 24.0. The van der Waals surface area contributed by atoms with Crippen molar-refractivity contribution in [2.45, 2.75) is 50.2 Å². The molecule has 1 aromatic carbocycles. The molecule has 0 aliphatic carbocycles. The van der Waals surface area contributed by atoms with E-state index in [9.17, 15) is 19.5 Å². The molecular formula is C21H30N6O4. The monoisotopic (exact) mass is 430 g/mol. The summed E-state index contributed by atoms with van der Waals surface area (Å²) in [5.74, 6) is -2.22. The van der Waals surface area contributed by atoms with Crippen LogP contribution in [0.25, 0.3) is 0 Å². The van der Waals surface area contributed by atoms with Gasteiger partial charge in [-0.3, -0.25) is 9.59 Å². The number of imidazole rings is 1. The van der Waals surface area contributed by atoms with E-state index in [2.05, 4.69) is 20.6 Å². The van der Waals surface area contributed by atoms with Crippen molar-refractivity contribution in [3.8, 4) is 0 Å². The maximum absolute atomic E-state index is 12.8. The lowest BCUT2D eigenvalue weighted by Crippen LogP contribution is -2.55. The lowest BCUT2D eigenvalue weighted by Gasteiger charge is -2.23. The number of carbonyl (C=O) groups is 3. The average Bonchev–Trinajstić information content (AvgIpc) is 3.26. The van der Waals surface area contributed by atoms with Crippen LogP contribution in [0.4, 0.5) is 0 Å². The molecule has 0 saturated heterocycles. The van der Waals surface area contributed by atoms with Crippen LogP contribution in [0.15, 0.2) is 42.9 Å². The van der Waals surface area contributed by atoms with Crippen LogP contribution >= 0.6 is 0 Å². The molecule has 31 heavy (non-hydrogen) atoms. The molecule has 0 aliphatic rings. The fourth-order valence-corrected chi connectivity index (χ4v) is 3.09. The molecular weight excluding hydrogens is 400 g/mol. The number of nitrogens with two attached hydrogens (primary N) is 2. The number of unbranched alkanes of at least 4 members (excludes halogenated alkanes) is 1. The first-order valence-corrected chi connectivity index (χ1v) is 10.2. The van der Waals surface area contributed by atoms with Crippen LogP contribution in [-0.4, -0.2) is 57.5 Å². The van der Waals surface area contributed by atoms with Crippen LogP contribution in [0.5, 0.6) is 0 Å². The van der Waals surface area contributed by atoms with Crippen LogP contribution in [0, 0.1) is 0 Å². The lowest BCUT2D eigenvalue weighted by atomic mass is 10.0. The molecule has 2 rings (SSSR count). The van der Waals surface area contributed by atoms with Crippen molar-refractivity contribution in [1.82, 2.24) is 20.6 Å².